The molecular weight excluding hydrogens is 481 g/mol. The van der Waals surface area contributed by atoms with Gasteiger partial charge in [-0.2, -0.15) is 13.2 Å². The number of hydrogen-bond acceptors (Lipinski definition) is 2. The number of alkyl halides is 3. The van der Waals surface area contributed by atoms with E-state index >= 15 is 0 Å². The number of ether oxygens (including phenoxy) is 1. The van der Waals surface area contributed by atoms with Gasteiger partial charge in [-0.3, -0.25) is 0 Å². The smallest absolute Gasteiger partial charge is 0.416 e. The SMILES string of the molecule is C=CC(C)(OC(=O)c1ccc([S+](c2ccccc2)c2ccccc2)cc1)c1cccc(C(F)(F)F)c1. The summed E-state index contributed by atoms with van der Waals surface area (Å²) in [5.74, 6) is -0.652. The van der Waals surface area contributed by atoms with Gasteiger partial charge in [0.2, 0.25) is 0 Å². The van der Waals surface area contributed by atoms with Crippen molar-refractivity contribution < 1.29 is 22.7 Å². The van der Waals surface area contributed by atoms with Crippen LogP contribution in [0.3, 0.4) is 0 Å². The average Bonchev–Trinajstić information content (AvgIpc) is 2.90. The Balaban J connectivity index is 1.61. The van der Waals surface area contributed by atoms with Crippen molar-refractivity contribution >= 4 is 16.9 Å². The largest absolute Gasteiger partial charge is 0.447 e. The molecular formula is C30H24F3O2S+. The molecule has 0 aliphatic carbocycles. The van der Waals surface area contributed by atoms with Crippen LogP contribution < -0.4 is 0 Å². The van der Waals surface area contributed by atoms with Gasteiger partial charge in [-0.1, -0.05) is 55.1 Å². The van der Waals surface area contributed by atoms with Crippen molar-refractivity contribution in [3.8, 4) is 0 Å². The standard InChI is InChI=1S/C30H24F3O2S/c1-3-29(2,23-11-10-12-24(21-23)30(31,32)33)35-28(34)22-17-19-27(20-18-22)36(25-13-6-4-7-14-25)26-15-8-5-9-16-26/h3-21H,1H2,2H3/q+1. The second-order valence-corrected chi connectivity index (χ2v) is 10.3. The predicted octanol–water partition coefficient (Wildman–Crippen LogP) is 8.06. The Bertz CT molecular complexity index is 1300. The lowest BCUT2D eigenvalue weighted by Gasteiger charge is -2.27. The summed E-state index contributed by atoms with van der Waals surface area (Å²) in [5.41, 5.74) is -1.77. The lowest BCUT2D eigenvalue weighted by molar-refractivity contribution is -0.137. The third-order valence-electron chi connectivity index (χ3n) is 5.74. The molecule has 6 heteroatoms. The highest BCUT2D eigenvalue weighted by Gasteiger charge is 2.35. The molecule has 0 amide bonds. The Morgan fingerprint density at radius 3 is 1.75 bits per heavy atom. The second kappa shape index (κ2) is 10.5. The van der Waals surface area contributed by atoms with E-state index in [0.29, 0.717) is 5.56 Å². The summed E-state index contributed by atoms with van der Waals surface area (Å²) in [6.07, 6.45) is -3.18. The first-order chi connectivity index (χ1) is 17.2. The van der Waals surface area contributed by atoms with E-state index in [4.69, 9.17) is 4.74 Å². The summed E-state index contributed by atoms with van der Waals surface area (Å²) in [5, 5.41) is 0. The summed E-state index contributed by atoms with van der Waals surface area (Å²) >= 11 is 0. The number of rotatable bonds is 7. The van der Waals surface area contributed by atoms with E-state index in [2.05, 4.69) is 30.8 Å². The van der Waals surface area contributed by atoms with E-state index in [1.807, 2.05) is 48.5 Å². The molecule has 0 fully saturated rings. The van der Waals surface area contributed by atoms with E-state index in [9.17, 15) is 18.0 Å². The molecule has 0 aliphatic rings. The minimum absolute atomic E-state index is 0.187. The zero-order valence-electron chi connectivity index (χ0n) is 19.5. The number of hydrogen-bond donors (Lipinski definition) is 0. The molecule has 0 spiro atoms. The normalized spacial score (nSPS) is 13.1. The molecule has 36 heavy (non-hydrogen) atoms. The highest BCUT2D eigenvalue weighted by molar-refractivity contribution is 7.97. The molecule has 0 N–H and O–H groups in total. The molecule has 0 saturated carbocycles. The minimum atomic E-state index is -4.51. The van der Waals surface area contributed by atoms with Crippen molar-refractivity contribution in [3.05, 3.63) is 139 Å². The highest BCUT2D eigenvalue weighted by Crippen LogP contribution is 2.35. The van der Waals surface area contributed by atoms with Gasteiger partial charge in [0.05, 0.1) is 22.0 Å². The quantitative estimate of drug-likeness (QED) is 0.144. The Labute approximate surface area is 211 Å². The maximum Gasteiger partial charge on any atom is 0.416 e. The van der Waals surface area contributed by atoms with Gasteiger partial charge in [0.15, 0.2) is 20.3 Å². The molecule has 0 aromatic heterocycles. The van der Waals surface area contributed by atoms with Crippen molar-refractivity contribution in [2.75, 3.05) is 0 Å². The number of halogens is 3. The van der Waals surface area contributed by atoms with Crippen molar-refractivity contribution in [2.24, 2.45) is 0 Å². The van der Waals surface area contributed by atoms with Crippen LogP contribution in [0, 0.1) is 0 Å². The number of esters is 1. The van der Waals surface area contributed by atoms with Crippen LogP contribution in [-0.2, 0) is 27.4 Å². The van der Waals surface area contributed by atoms with Crippen molar-refractivity contribution in [1.29, 1.82) is 0 Å². The van der Waals surface area contributed by atoms with Gasteiger partial charge in [0, 0.05) is 0 Å². The third kappa shape index (κ3) is 5.55. The fraction of sp³-hybridized carbons (Fsp3) is 0.100. The third-order valence-corrected chi connectivity index (χ3v) is 7.97. The van der Waals surface area contributed by atoms with Gasteiger partial charge in [0.25, 0.3) is 0 Å². The zero-order valence-corrected chi connectivity index (χ0v) is 20.4. The fourth-order valence-electron chi connectivity index (χ4n) is 3.72. The summed E-state index contributed by atoms with van der Waals surface area (Å²) in [6, 6.07) is 32.1. The lowest BCUT2D eigenvalue weighted by Crippen LogP contribution is -2.27. The number of benzene rings is 4. The first-order valence-corrected chi connectivity index (χ1v) is 12.4. The molecule has 0 saturated heterocycles. The molecule has 1 atom stereocenters. The average molecular weight is 506 g/mol. The second-order valence-electron chi connectivity index (χ2n) is 8.24. The van der Waals surface area contributed by atoms with Crippen LogP contribution in [0.1, 0.15) is 28.4 Å². The van der Waals surface area contributed by atoms with Crippen LogP contribution in [0.5, 0.6) is 0 Å². The van der Waals surface area contributed by atoms with E-state index < -0.39 is 23.3 Å². The maximum atomic E-state index is 13.2. The van der Waals surface area contributed by atoms with Gasteiger partial charge < -0.3 is 4.74 Å². The van der Waals surface area contributed by atoms with Crippen LogP contribution in [0.2, 0.25) is 0 Å². The topological polar surface area (TPSA) is 26.3 Å². The van der Waals surface area contributed by atoms with Crippen LogP contribution in [-0.4, -0.2) is 5.97 Å². The summed E-state index contributed by atoms with van der Waals surface area (Å²) < 4.78 is 45.3. The monoisotopic (exact) mass is 505 g/mol. The molecule has 0 bridgehead atoms. The van der Waals surface area contributed by atoms with E-state index in [0.717, 1.165) is 26.8 Å². The van der Waals surface area contributed by atoms with Gasteiger partial charge in [-0.15, -0.1) is 0 Å². The zero-order chi connectivity index (χ0) is 25.8. The van der Waals surface area contributed by atoms with E-state index in [1.54, 1.807) is 12.1 Å². The predicted molar refractivity (Wildman–Crippen MR) is 136 cm³/mol. The van der Waals surface area contributed by atoms with Crippen LogP contribution in [0.4, 0.5) is 13.2 Å². The molecule has 0 heterocycles. The molecule has 4 aromatic rings. The lowest BCUT2D eigenvalue weighted by atomic mass is 9.94. The minimum Gasteiger partial charge on any atom is -0.447 e. The van der Waals surface area contributed by atoms with Gasteiger partial charge >= 0.3 is 12.1 Å². The molecule has 182 valence electrons. The molecule has 4 aromatic carbocycles. The van der Waals surface area contributed by atoms with E-state index in [-0.39, 0.29) is 16.5 Å². The van der Waals surface area contributed by atoms with Gasteiger partial charge in [0.1, 0.15) is 0 Å². The van der Waals surface area contributed by atoms with Crippen molar-refractivity contribution in [2.45, 2.75) is 33.4 Å². The molecule has 4 rings (SSSR count). The summed E-state index contributed by atoms with van der Waals surface area (Å²) in [7, 11) is -0.373. The Kier molecular flexibility index (Phi) is 7.36. The Morgan fingerprint density at radius 2 is 1.25 bits per heavy atom. The number of carbonyl (C=O) groups excluding carboxylic acids is 1. The summed E-state index contributed by atoms with van der Waals surface area (Å²) in [6.45, 7) is 5.21. The number of carbonyl (C=O) groups is 1. The van der Waals surface area contributed by atoms with Crippen LogP contribution >= 0.6 is 0 Å². The van der Waals surface area contributed by atoms with Crippen molar-refractivity contribution in [3.63, 3.8) is 0 Å². The molecule has 0 radical (unpaired) electrons. The fourth-order valence-corrected chi connectivity index (χ4v) is 5.81. The Hall–Kier alpha value is -3.77. The molecule has 2 nitrogen and oxygen atoms in total. The molecule has 0 aliphatic heterocycles. The molecule has 1 unspecified atom stereocenters. The first-order valence-electron chi connectivity index (χ1n) is 11.2. The van der Waals surface area contributed by atoms with E-state index in [1.165, 1.54) is 25.1 Å². The maximum absolute atomic E-state index is 13.2. The Morgan fingerprint density at radius 1 is 0.750 bits per heavy atom. The van der Waals surface area contributed by atoms with Gasteiger partial charge in [-0.25, -0.2) is 4.79 Å². The van der Waals surface area contributed by atoms with Crippen LogP contribution in [0.25, 0.3) is 0 Å². The van der Waals surface area contributed by atoms with Crippen LogP contribution in [0.15, 0.2) is 137 Å². The van der Waals surface area contributed by atoms with Crippen molar-refractivity contribution in [1.82, 2.24) is 0 Å². The van der Waals surface area contributed by atoms with Gasteiger partial charge in [-0.05, 0) is 79.2 Å². The highest BCUT2D eigenvalue weighted by atomic mass is 32.2. The summed E-state index contributed by atoms with van der Waals surface area (Å²) in [4.78, 5) is 16.3. The first kappa shape index (κ1) is 25.3.